The first kappa shape index (κ1) is 45.4. The number of nitrogens with one attached hydrogen (secondary N) is 3. The zero-order valence-corrected chi connectivity index (χ0v) is 36.1. The summed E-state index contributed by atoms with van der Waals surface area (Å²) >= 11 is 0. The fourth-order valence-corrected chi connectivity index (χ4v) is 9.34. The molecule has 1 aromatic heterocycles. The predicted molar refractivity (Wildman–Crippen MR) is 237 cm³/mol. The van der Waals surface area contributed by atoms with Gasteiger partial charge in [-0.2, -0.15) is 0 Å². The highest BCUT2D eigenvalue weighted by Crippen LogP contribution is 2.30. The van der Waals surface area contributed by atoms with E-state index < -0.39 is 59.7 Å². The van der Waals surface area contributed by atoms with Crippen molar-refractivity contribution in [1.29, 1.82) is 0 Å². The molecule has 0 bridgehead atoms. The SMILES string of the molecule is Cn1c(=O)n(C2CCC(=O)NC2=O)c2ccc(CCCCCC(=O)N3CC[C@H]4CC[C@@H](C(=O)NC(CCC(N)=O)C(=O)NC(c5ccccc5)c5ccccc5)N4C(=O)[C@@H](N)C3)cc21. The number of hydrogen-bond donors (Lipinski definition) is 5. The Morgan fingerprint density at radius 2 is 1.52 bits per heavy atom. The van der Waals surface area contributed by atoms with E-state index in [-0.39, 0.29) is 62.2 Å². The molecule has 4 heterocycles. The number of nitrogens with two attached hydrogens (primary N) is 2. The van der Waals surface area contributed by atoms with Gasteiger partial charge in [0.2, 0.25) is 41.4 Å². The lowest BCUT2D eigenvalue weighted by Crippen LogP contribution is -2.60. The second-order valence-corrected chi connectivity index (χ2v) is 17.1. The Labute approximate surface area is 370 Å². The Hall–Kier alpha value is -6.62. The van der Waals surface area contributed by atoms with Gasteiger partial charge in [0.25, 0.3) is 0 Å². The smallest absolute Gasteiger partial charge is 0.329 e. The monoisotopic (exact) mass is 875 g/mol. The lowest BCUT2D eigenvalue weighted by molar-refractivity contribution is -0.145. The molecule has 3 aliphatic heterocycles. The lowest BCUT2D eigenvalue weighted by atomic mass is 9.98. The molecule has 0 spiro atoms. The minimum atomic E-state index is -1.11. The second kappa shape index (κ2) is 20.3. The van der Waals surface area contributed by atoms with E-state index in [4.69, 9.17) is 11.5 Å². The van der Waals surface area contributed by atoms with Crippen LogP contribution in [0, 0.1) is 0 Å². The van der Waals surface area contributed by atoms with Crippen LogP contribution >= 0.6 is 0 Å². The van der Waals surface area contributed by atoms with Crippen molar-refractivity contribution in [3.05, 3.63) is 106 Å². The summed E-state index contributed by atoms with van der Waals surface area (Å²) in [5.74, 6) is -2.99. The van der Waals surface area contributed by atoms with Crippen LogP contribution in [0.2, 0.25) is 0 Å². The van der Waals surface area contributed by atoms with E-state index in [0.717, 1.165) is 36.0 Å². The zero-order chi connectivity index (χ0) is 45.5. The number of hydrogen-bond acceptors (Lipinski definition) is 9. The third-order valence-corrected chi connectivity index (χ3v) is 12.8. The van der Waals surface area contributed by atoms with Gasteiger partial charge < -0.3 is 31.9 Å². The number of nitrogens with zero attached hydrogens (tertiary/aromatic N) is 4. The number of rotatable bonds is 16. The van der Waals surface area contributed by atoms with Crippen LogP contribution < -0.4 is 33.1 Å². The van der Waals surface area contributed by atoms with E-state index in [1.54, 1.807) is 11.9 Å². The summed E-state index contributed by atoms with van der Waals surface area (Å²) < 4.78 is 2.97. The molecule has 17 nitrogen and oxygen atoms in total. The number of unbranched alkanes of at least 4 members (excludes halogenated alkanes) is 2. The van der Waals surface area contributed by atoms with Gasteiger partial charge in [-0.25, -0.2) is 4.79 Å². The first-order valence-corrected chi connectivity index (χ1v) is 22.2. The number of piperidine rings is 1. The van der Waals surface area contributed by atoms with Crippen LogP contribution in [0.4, 0.5) is 0 Å². The van der Waals surface area contributed by atoms with Crippen molar-refractivity contribution in [2.45, 2.75) is 113 Å². The Bertz CT molecular complexity index is 2410. The fraction of sp³-hybridized carbons (Fsp3) is 0.447. The largest absolute Gasteiger partial charge is 0.370 e. The number of aryl methyl sites for hydroxylation is 2. The van der Waals surface area contributed by atoms with Crippen LogP contribution in [-0.4, -0.2) is 97.5 Å². The number of fused-ring (bicyclic) bond motifs is 2. The molecule has 0 radical (unpaired) electrons. The molecule has 7 N–H and O–H groups in total. The van der Waals surface area contributed by atoms with Crippen molar-refractivity contribution in [3.8, 4) is 0 Å². The third kappa shape index (κ3) is 10.3. The number of imide groups is 1. The number of carbonyl (C=O) groups excluding carboxylic acids is 7. The molecule has 2 unspecified atom stereocenters. The molecule has 4 aromatic rings. The quantitative estimate of drug-likeness (QED) is 0.0816. The fourth-order valence-electron chi connectivity index (χ4n) is 9.34. The number of benzene rings is 3. The normalized spacial score (nSPS) is 20.6. The lowest BCUT2D eigenvalue weighted by Gasteiger charge is -2.37. The molecule has 0 aliphatic carbocycles. The summed E-state index contributed by atoms with van der Waals surface area (Å²) in [4.78, 5) is 108. The van der Waals surface area contributed by atoms with Crippen molar-refractivity contribution in [1.82, 2.24) is 34.9 Å². The minimum Gasteiger partial charge on any atom is -0.370 e. The van der Waals surface area contributed by atoms with Gasteiger partial charge >= 0.3 is 5.69 Å². The van der Waals surface area contributed by atoms with Gasteiger partial charge in [0.1, 0.15) is 24.2 Å². The Morgan fingerprint density at radius 3 is 2.19 bits per heavy atom. The predicted octanol–water partition coefficient (Wildman–Crippen LogP) is 2.00. The molecular weight excluding hydrogens is 819 g/mol. The molecule has 3 aromatic carbocycles. The van der Waals surface area contributed by atoms with Crippen LogP contribution in [0.1, 0.15) is 99.4 Å². The summed E-state index contributed by atoms with van der Waals surface area (Å²) in [6.07, 6.45) is 4.77. The third-order valence-electron chi connectivity index (χ3n) is 12.8. The molecule has 3 fully saturated rings. The summed E-state index contributed by atoms with van der Waals surface area (Å²) in [5.41, 5.74) is 15.6. The first-order valence-electron chi connectivity index (χ1n) is 22.2. The Kier molecular flexibility index (Phi) is 14.4. The standard InChI is InChI=1S/C47H57N9O8/c1-53-38-27-29(17-20-35(38)56(47(53)64)37-22-24-40(58)51-45(37)62)11-5-2-10-16-41(59)54-26-25-32-18-21-36(55(32)46(63)33(48)28-54)44(61)50-34(19-23-39(49)57)43(60)52-42(30-12-6-3-7-13-30)31-14-8-4-9-15-31/h3-4,6-9,12-15,17,20,27,32-34,36-37,42H,2,5,10-11,16,18-19,21-26,28,48H2,1H3,(H2,49,57)(H,50,61)(H,52,60)(H,51,58,62)/t32-,33+,34?,36+,37?/m1/s1. The van der Waals surface area contributed by atoms with Gasteiger partial charge in [-0.3, -0.25) is 48.0 Å². The van der Waals surface area contributed by atoms with Gasteiger partial charge in [-0.05, 0) is 80.2 Å². The molecular formula is C47H57N9O8. The van der Waals surface area contributed by atoms with Crippen molar-refractivity contribution < 1.29 is 33.6 Å². The van der Waals surface area contributed by atoms with Gasteiger partial charge in [0.15, 0.2) is 0 Å². The van der Waals surface area contributed by atoms with E-state index in [9.17, 15) is 38.4 Å². The van der Waals surface area contributed by atoms with Crippen molar-refractivity contribution in [2.24, 2.45) is 18.5 Å². The summed E-state index contributed by atoms with van der Waals surface area (Å²) in [6, 6.07) is 19.9. The van der Waals surface area contributed by atoms with Gasteiger partial charge in [0.05, 0.1) is 17.1 Å². The zero-order valence-electron chi connectivity index (χ0n) is 36.1. The highest BCUT2D eigenvalue weighted by Gasteiger charge is 2.45. The number of aromatic nitrogens is 2. The average Bonchev–Trinajstić information content (AvgIpc) is 3.82. The highest BCUT2D eigenvalue weighted by atomic mass is 16.2. The van der Waals surface area contributed by atoms with Gasteiger partial charge in [0, 0.05) is 45.4 Å². The van der Waals surface area contributed by atoms with Gasteiger partial charge in [-0.1, -0.05) is 73.2 Å². The molecule has 7 amide bonds. The number of primary amides is 1. The maximum atomic E-state index is 14.0. The molecule has 17 heteroatoms. The van der Waals surface area contributed by atoms with E-state index in [1.807, 2.05) is 78.9 Å². The summed E-state index contributed by atoms with van der Waals surface area (Å²) in [6.45, 7) is 0.382. The Balaban J connectivity index is 0.917. The maximum Gasteiger partial charge on any atom is 0.329 e. The number of amides is 7. The topological polar surface area (TPSA) is 241 Å². The molecule has 7 rings (SSSR count). The molecule has 64 heavy (non-hydrogen) atoms. The van der Waals surface area contributed by atoms with Crippen LogP contribution in [0.5, 0.6) is 0 Å². The first-order chi connectivity index (χ1) is 30.8. The van der Waals surface area contributed by atoms with Gasteiger partial charge in [-0.15, -0.1) is 0 Å². The van der Waals surface area contributed by atoms with Crippen LogP contribution in [0.25, 0.3) is 11.0 Å². The Morgan fingerprint density at radius 1 is 0.812 bits per heavy atom. The van der Waals surface area contributed by atoms with E-state index in [0.29, 0.717) is 43.3 Å². The summed E-state index contributed by atoms with van der Waals surface area (Å²) in [5, 5.41) is 8.21. The van der Waals surface area contributed by atoms with Crippen molar-refractivity contribution in [2.75, 3.05) is 13.1 Å². The molecule has 0 saturated carbocycles. The van der Waals surface area contributed by atoms with Crippen LogP contribution in [0.3, 0.4) is 0 Å². The molecule has 338 valence electrons. The van der Waals surface area contributed by atoms with E-state index in [1.165, 1.54) is 14.0 Å². The van der Waals surface area contributed by atoms with E-state index >= 15 is 0 Å². The maximum absolute atomic E-state index is 14.0. The molecule has 3 saturated heterocycles. The van der Waals surface area contributed by atoms with Crippen LogP contribution in [-0.2, 0) is 47.0 Å². The molecule has 5 atom stereocenters. The van der Waals surface area contributed by atoms with Crippen molar-refractivity contribution >= 4 is 52.4 Å². The van der Waals surface area contributed by atoms with Crippen molar-refractivity contribution in [3.63, 3.8) is 0 Å². The van der Waals surface area contributed by atoms with E-state index in [2.05, 4.69) is 16.0 Å². The van der Waals surface area contributed by atoms with Crippen LogP contribution in [0.15, 0.2) is 83.7 Å². The number of carbonyl (C=O) groups is 7. The molecule has 3 aliphatic rings. The average molecular weight is 876 g/mol. The summed E-state index contributed by atoms with van der Waals surface area (Å²) in [7, 11) is 1.66. The minimum absolute atomic E-state index is 0.0104. The second-order valence-electron chi connectivity index (χ2n) is 17.1. The highest BCUT2D eigenvalue weighted by molar-refractivity contribution is 6.00. The number of imidazole rings is 1.